The van der Waals surface area contributed by atoms with E-state index in [0.717, 1.165) is 12.8 Å². The average molecular weight is 209 g/mol. The van der Waals surface area contributed by atoms with Crippen LogP contribution in [0.3, 0.4) is 0 Å². The summed E-state index contributed by atoms with van der Waals surface area (Å²) in [7, 11) is 0. The van der Waals surface area contributed by atoms with E-state index in [1.165, 1.54) is 0 Å². The second-order valence-corrected chi connectivity index (χ2v) is 5.42. The Morgan fingerprint density at radius 3 is 2.67 bits per heavy atom. The van der Waals surface area contributed by atoms with Gasteiger partial charge in [-0.1, -0.05) is 12.2 Å². The first-order chi connectivity index (χ1) is 7.02. The predicted octanol–water partition coefficient (Wildman–Crippen LogP) is 1.09. The maximum atomic E-state index is 12.0. The molecule has 0 aromatic heterocycles. The molecule has 3 nitrogen and oxygen atoms in total. The van der Waals surface area contributed by atoms with Crippen molar-refractivity contribution in [3.05, 3.63) is 12.2 Å². The number of nitrogens with one attached hydrogen (secondary N) is 1. The molecule has 0 aliphatic heterocycles. The molecule has 0 radical (unpaired) electrons. The molecule has 2 aliphatic carbocycles. The first-order valence-electron chi connectivity index (χ1n) is 5.63. The number of carbonyl (C=O) groups is 1. The van der Waals surface area contributed by atoms with E-state index in [9.17, 15) is 4.79 Å². The van der Waals surface area contributed by atoms with Crippen molar-refractivity contribution in [1.29, 1.82) is 0 Å². The molecule has 3 atom stereocenters. The van der Waals surface area contributed by atoms with Crippen LogP contribution in [0.15, 0.2) is 12.2 Å². The minimum Gasteiger partial charge on any atom is -0.394 e. The Bertz CT molecular complexity index is 296. The molecule has 15 heavy (non-hydrogen) atoms. The number of aliphatic hydroxyl groups excluding tert-OH is 1. The van der Waals surface area contributed by atoms with Gasteiger partial charge in [0.1, 0.15) is 0 Å². The molecular weight excluding hydrogens is 190 g/mol. The molecule has 0 aromatic carbocycles. The van der Waals surface area contributed by atoms with Crippen LogP contribution in [0, 0.1) is 17.8 Å². The fourth-order valence-electron chi connectivity index (χ4n) is 2.55. The van der Waals surface area contributed by atoms with Crippen molar-refractivity contribution in [1.82, 2.24) is 5.32 Å². The molecule has 3 unspecified atom stereocenters. The lowest BCUT2D eigenvalue weighted by atomic mass is 9.91. The van der Waals surface area contributed by atoms with Gasteiger partial charge >= 0.3 is 0 Å². The van der Waals surface area contributed by atoms with Gasteiger partial charge in [0.15, 0.2) is 0 Å². The van der Waals surface area contributed by atoms with Crippen molar-refractivity contribution in [3.63, 3.8) is 0 Å². The zero-order valence-corrected chi connectivity index (χ0v) is 9.36. The van der Waals surface area contributed by atoms with Crippen molar-refractivity contribution in [3.8, 4) is 0 Å². The first kappa shape index (κ1) is 10.7. The van der Waals surface area contributed by atoms with Crippen LogP contribution in [-0.4, -0.2) is 23.2 Å². The number of carbonyl (C=O) groups excluding carboxylic acids is 1. The number of aliphatic hydroxyl groups is 1. The van der Waals surface area contributed by atoms with Gasteiger partial charge in [-0.25, -0.2) is 0 Å². The van der Waals surface area contributed by atoms with E-state index >= 15 is 0 Å². The lowest BCUT2D eigenvalue weighted by molar-refractivity contribution is -0.127. The standard InChI is InChI=1S/C12H19NO2/c1-12(2,7-14)13-11(15)10-6-8-3-4-9(10)5-8/h3-4,8-10,14H,5-7H2,1-2H3,(H,13,15). The largest absolute Gasteiger partial charge is 0.394 e. The van der Waals surface area contributed by atoms with Gasteiger partial charge in [-0.3, -0.25) is 4.79 Å². The third kappa shape index (κ3) is 2.07. The molecule has 0 saturated heterocycles. The van der Waals surface area contributed by atoms with Gasteiger partial charge in [-0.15, -0.1) is 0 Å². The summed E-state index contributed by atoms with van der Waals surface area (Å²) in [5, 5.41) is 12.0. The first-order valence-corrected chi connectivity index (χ1v) is 5.63. The molecule has 0 spiro atoms. The molecule has 2 N–H and O–H groups in total. The lowest BCUT2D eigenvalue weighted by Crippen LogP contribution is -2.49. The van der Waals surface area contributed by atoms with E-state index in [0.29, 0.717) is 11.8 Å². The average Bonchev–Trinajstić information content (AvgIpc) is 2.78. The van der Waals surface area contributed by atoms with Crippen LogP contribution >= 0.6 is 0 Å². The summed E-state index contributed by atoms with van der Waals surface area (Å²) in [6.45, 7) is 3.66. The maximum Gasteiger partial charge on any atom is 0.224 e. The summed E-state index contributed by atoms with van der Waals surface area (Å²) in [6, 6.07) is 0. The maximum absolute atomic E-state index is 12.0. The zero-order valence-electron chi connectivity index (χ0n) is 9.36. The summed E-state index contributed by atoms with van der Waals surface area (Å²) in [5.41, 5.74) is -0.497. The van der Waals surface area contributed by atoms with E-state index in [4.69, 9.17) is 5.11 Å². The Balaban J connectivity index is 1.95. The van der Waals surface area contributed by atoms with Crippen molar-refractivity contribution >= 4 is 5.91 Å². The van der Waals surface area contributed by atoms with Crippen LogP contribution in [0.1, 0.15) is 26.7 Å². The second kappa shape index (κ2) is 3.63. The summed E-state index contributed by atoms with van der Waals surface area (Å²) < 4.78 is 0. The van der Waals surface area contributed by atoms with Gasteiger partial charge in [-0.05, 0) is 38.5 Å². The van der Waals surface area contributed by atoms with E-state index in [-0.39, 0.29) is 18.4 Å². The molecule has 2 bridgehead atoms. The number of hydrogen-bond acceptors (Lipinski definition) is 2. The summed E-state index contributed by atoms with van der Waals surface area (Å²) in [6.07, 6.45) is 6.52. The van der Waals surface area contributed by atoms with Gasteiger partial charge in [-0.2, -0.15) is 0 Å². The summed E-state index contributed by atoms with van der Waals surface area (Å²) in [5.74, 6) is 1.28. The molecule has 0 heterocycles. The molecule has 1 fully saturated rings. The highest BCUT2D eigenvalue weighted by Gasteiger charge is 2.40. The van der Waals surface area contributed by atoms with Gasteiger partial charge in [0.05, 0.1) is 12.1 Å². The van der Waals surface area contributed by atoms with Gasteiger partial charge in [0.2, 0.25) is 5.91 Å². The molecule has 1 saturated carbocycles. The van der Waals surface area contributed by atoms with Crippen molar-refractivity contribution < 1.29 is 9.90 Å². The number of rotatable bonds is 3. The Labute approximate surface area is 90.6 Å². The van der Waals surface area contributed by atoms with Crippen LogP contribution in [-0.2, 0) is 4.79 Å². The fourth-order valence-corrected chi connectivity index (χ4v) is 2.55. The van der Waals surface area contributed by atoms with Crippen LogP contribution < -0.4 is 5.32 Å². The second-order valence-electron chi connectivity index (χ2n) is 5.42. The normalized spacial score (nSPS) is 33.4. The SMILES string of the molecule is CC(C)(CO)NC(=O)C1CC2C=CC1C2. The van der Waals surface area contributed by atoms with Gasteiger partial charge in [0.25, 0.3) is 0 Å². The van der Waals surface area contributed by atoms with E-state index < -0.39 is 5.54 Å². The number of amides is 1. The van der Waals surface area contributed by atoms with Crippen LogP contribution in [0.5, 0.6) is 0 Å². The van der Waals surface area contributed by atoms with Crippen molar-refractivity contribution in [2.75, 3.05) is 6.61 Å². The molecule has 3 heteroatoms. The Morgan fingerprint density at radius 1 is 1.47 bits per heavy atom. The quantitative estimate of drug-likeness (QED) is 0.683. The molecule has 0 aromatic rings. The van der Waals surface area contributed by atoms with E-state index in [1.807, 2.05) is 13.8 Å². The minimum atomic E-state index is -0.497. The third-order valence-corrected chi connectivity index (χ3v) is 3.47. The molecular formula is C12H19NO2. The molecule has 1 amide bonds. The number of hydrogen-bond donors (Lipinski definition) is 2. The van der Waals surface area contributed by atoms with Gasteiger partial charge < -0.3 is 10.4 Å². The highest BCUT2D eigenvalue weighted by atomic mass is 16.3. The molecule has 2 rings (SSSR count). The topological polar surface area (TPSA) is 49.3 Å². The molecule has 2 aliphatic rings. The summed E-state index contributed by atoms with van der Waals surface area (Å²) in [4.78, 5) is 12.0. The highest BCUT2D eigenvalue weighted by Crippen LogP contribution is 2.43. The Kier molecular flexibility index (Phi) is 2.59. The highest BCUT2D eigenvalue weighted by molar-refractivity contribution is 5.80. The lowest BCUT2D eigenvalue weighted by Gasteiger charge is -2.27. The van der Waals surface area contributed by atoms with Crippen LogP contribution in [0.2, 0.25) is 0 Å². The molecule has 84 valence electrons. The predicted molar refractivity (Wildman–Crippen MR) is 58.2 cm³/mol. The number of allylic oxidation sites excluding steroid dienone is 2. The zero-order chi connectivity index (χ0) is 11.1. The monoisotopic (exact) mass is 209 g/mol. The van der Waals surface area contributed by atoms with Gasteiger partial charge in [0, 0.05) is 5.92 Å². The van der Waals surface area contributed by atoms with Crippen LogP contribution in [0.4, 0.5) is 0 Å². The Hall–Kier alpha value is -0.830. The fraction of sp³-hybridized carbons (Fsp3) is 0.750. The Morgan fingerprint density at radius 2 is 2.20 bits per heavy atom. The van der Waals surface area contributed by atoms with E-state index in [2.05, 4.69) is 17.5 Å². The number of fused-ring (bicyclic) bond motifs is 2. The van der Waals surface area contributed by atoms with E-state index in [1.54, 1.807) is 0 Å². The minimum absolute atomic E-state index is 0.0185. The van der Waals surface area contributed by atoms with Crippen LogP contribution in [0.25, 0.3) is 0 Å². The van der Waals surface area contributed by atoms with Crippen molar-refractivity contribution in [2.24, 2.45) is 17.8 Å². The van der Waals surface area contributed by atoms with Crippen molar-refractivity contribution in [2.45, 2.75) is 32.2 Å². The summed E-state index contributed by atoms with van der Waals surface area (Å²) >= 11 is 0. The smallest absolute Gasteiger partial charge is 0.224 e. The third-order valence-electron chi connectivity index (χ3n) is 3.47.